The molecule has 1 fully saturated rings. The Morgan fingerprint density at radius 2 is 1.70 bits per heavy atom. The predicted molar refractivity (Wildman–Crippen MR) is 113 cm³/mol. The van der Waals surface area contributed by atoms with Gasteiger partial charge in [0.2, 0.25) is 10.0 Å². The lowest BCUT2D eigenvalue weighted by atomic mass is 10.2. The maximum absolute atomic E-state index is 12.9. The summed E-state index contributed by atoms with van der Waals surface area (Å²) in [5.74, 6) is 0.804. The zero-order chi connectivity index (χ0) is 21.7. The summed E-state index contributed by atoms with van der Waals surface area (Å²) in [7, 11) is -0.800. The Balaban J connectivity index is 1.82. The van der Waals surface area contributed by atoms with Crippen molar-refractivity contribution in [2.45, 2.75) is 4.90 Å². The minimum atomic E-state index is -3.73. The fraction of sp³-hybridized carbons (Fsp3) is 0.316. The van der Waals surface area contributed by atoms with Crippen LogP contribution in [-0.4, -0.2) is 59.3 Å². The Kier molecular flexibility index (Phi) is 7.03. The average molecular weight is 456 g/mol. The number of rotatable bonds is 6. The zero-order valence-corrected chi connectivity index (χ0v) is 18.0. The highest BCUT2D eigenvalue weighted by atomic mass is 35.5. The number of methoxy groups -OCH3 is 2. The van der Waals surface area contributed by atoms with Crippen molar-refractivity contribution in [1.29, 1.82) is 0 Å². The molecule has 1 aliphatic heterocycles. The van der Waals surface area contributed by atoms with E-state index in [0.717, 1.165) is 0 Å². The lowest BCUT2D eigenvalue weighted by molar-refractivity contribution is 0.0730. The summed E-state index contributed by atoms with van der Waals surface area (Å²) in [5, 5.41) is 5.41. The predicted octanol–water partition coefficient (Wildman–Crippen LogP) is 3.02. The number of nitrogens with zero attached hydrogens (tertiary/aromatic N) is 1. The number of ether oxygens (including phenoxy) is 3. The average Bonchev–Trinajstić information content (AvgIpc) is 2.75. The summed E-state index contributed by atoms with van der Waals surface area (Å²) in [6.45, 7) is 1.20. The Hall–Kier alpha value is -2.53. The van der Waals surface area contributed by atoms with Crippen molar-refractivity contribution in [3.05, 3.63) is 41.4 Å². The molecule has 30 heavy (non-hydrogen) atoms. The van der Waals surface area contributed by atoms with Gasteiger partial charge < -0.3 is 24.8 Å². The first-order chi connectivity index (χ1) is 14.4. The van der Waals surface area contributed by atoms with Crippen molar-refractivity contribution in [3.63, 3.8) is 0 Å². The van der Waals surface area contributed by atoms with E-state index in [1.165, 1.54) is 36.7 Å². The number of hydrogen-bond donors (Lipinski definition) is 2. The molecular formula is C19H22ClN3O6S. The Labute approximate surface area is 179 Å². The third-order valence-electron chi connectivity index (χ3n) is 4.46. The van der Waals surface area contributed by atoms with Crippen LogP contribution in [0.4, 0.5) is 16.2 Å². The first-order valence-electron chi connectivity index (χ1n) is 9.03. The zero-order valence-electron chi connectivity index (χ0n) is 16.5. The van der Waals surface area contributed by atoms with Gasteiger partial charge in [0.05, 0.1) is 43.0 Å². The molecule has 2 aromatic carbocycles. The maximum Gasteiger partial charge on any atom is 0.323 e. The molecule has 0 atom stereocenters. The molecule has 2 aromatic rings. The van der Waals surface area contributed by atoms with Gasteiger partial charge in [-0.15, -0.1) is 0 Å². The van der Waals surface area contributed by atoms with Crippen LogP contribution in [-0.2, 0) is 14.8 Å². The molecule has 0 spiro atoms. The molecule has 11 heteroatoms. The van der Waals surface area contributed by atoms with Gasteiger partial charge in [-0.05, 0) is 30.3 Å². The van der Waals surface area contributed by atoms with Gasteiger partial charge in [0.25, 0.3) is 0 Å². The van der Waals surface area contributed by atoms with Crippen LogP contribution in [0.1, 0.15) is 0 Å². The molecule has 3 rings (SSSR count). The van der Waals surface area contributed by atoms with Gasteiger partial charge in [0.15, 0.2) is 0 Å². The molecule has 162 valence electrons. The highest BCUT2D eigenvalue weighted by Gasteiger charge is 2.27. The van der Waals surface area contributed by atoms with Crippen molar-refractivity contribution < 1.29 is 27.4 Å². The van der Waals surface area contributed by atoms with Gasteiger partial charge in [-0.25, -0.2) is 13.2 Å². The second-order valence-electron chi connectivity index (χ2n) is 6.27. The van der Waals surface area contributed by atoms with Gasteiger partial charge in [-0.3, -0.25) is 0 Å². The van der Waals surface area contributed by atoms with Gasteiger partial charge in [0.1, 0.15) is 17.2 Å². The van der Waals surface area contributed by atoms with Crippen molar-refractivity contribution in [3.8, 4) is 11.5 Å². The number of carbonyl (C=O) groups excluding carboxylic acids is 1. The van der Waals surface area contributed by atoms with Gasteiger partial charge in [-0.1, -0.05) is 17.7 Å². The molecule has 2 amide bonds. The van der Waals surface area contributed by atoms with Crippen LogP contribution in [0.25, 0.3) is 0 Å². The molecule has 0 bridgehead atoms. The van der Waals surface area contributed by atoms with Crippen LogP contribution < -0.4 is 20.1 Å². The number of para-hydroxylation sites is 1. The number of morpholine rings is 1. The van der Waals surface area contributed by atoms with Crippen LogP contribution in [0.15, 0.2) is 41.3 Å². The number of carbonyl (C=O) groups is 1. The maximum atomic E-state index is 12.9. The van der Waals surface area contributed by atoms with Crippen LogP contribution >= 0.6 is 11.6 Å². The van der Waals surface area contributed by atoms with E-state index in [4.69, 9.17) is 25.8 Å². The van der Waals surface area contributed by atoms with Crippen LogP contribution in [0.5, 0.6) is 11.5 Å². The summed E-state index contributed by atoms with van der Waals surface area (Å²) >= 11 is 6.18. The first-order valence-corrected chi connectivity index (χ1v) is 10.8. The van der Waals surface area contributed by atoms with Gasteiger partial charge in [0, 0.05) is 13.1 Å². The SMILES string of the molecule is COc1cccc(OC)c1NC(=O)Nc1cc(S(=O)(=O)N2CCOCC2)ccc1Cl. The quantitative estimate of drug-likeness (QED) is 0.693. The number of benzene rings is 2. The number of anilines is 2. The molecule has 2 N–H and O–H groups in total. The highest BCUT2D eigenvalue weighted by Crippen LogP contribution is 2.34. The molecule has 1 aliphatic rings. The van der Waals surface area contributed by atoms with Crippen LogP contribution in [0.2, 0.25) is 5.02 Å². The van der Waals surface area contributed by atoms with E-state index >= 15 is 0 Å². The van der Waals surface area contributed by atoms with Crippen LogP contribution in [0.3, 0.4) is 0 Å². The Bertz CT molecular complexity index is 1000. The minimum absolute atomic E-state index is 0.0268. The second-order valence-corrected chi connectivity index (χ2v) is 8.62. The normalized spacial score (nSPS) is 14.8. The van der Waals surface area contributed by atoms with E-state index < -0.39 is 16.1 Å². The van der Waals surface area contributed by atoms with Crippen molar-refractivity contribution >= 4 is 39.0 Å². The minimum Gasteiger partial charge on any atom is -0.494 e. The Morgan fingerprint density at radius 1 is 1.07 bits per heavy atom. The number of urea groups is 1. The molecule has 0 aromatic heterocycles. The number of nitrogens with one attached hydrogen (secondary N) is 2. The smallest absolute Gasteiger partial charge is 0.323 e. The fourth-order valence-electron chi connectivity index (χ4n) is 2.94. The molecule has 1 heterocycles. The number of hydrogen-bond acceptors (Lipinski definition) is 6. The first kappa shape index (κ1) is 22.2. The van der Waals surface area contributed by atoms with E-state index in [9.17, 15) is 13.2 Å². The Morgan fingerprint density at radius 3 is 2.30 bits per heavy atom. The molecule has 0 radical (unpaired) electrons. The van der Waals surface area contributed by atoms with Crippen molar-refractivity contribution in [2.75, 3.05) is 51.2 Å². The van der Waals surface area contributed by atoms with E-state index in [-0.39, 0.29) is 28.7 Å². The molecule has 9 nitrogen and oxygen atoms in total. The van der Waals surface area contributed by atoms with Gasteiger partial charge >= 0.3 is 6.03 Å². The molecule has 0 aliphatic carbocycles. The molecule has 0 unspecified atom stereocenters. The van der Waals surface area contributed by atoms with E-state index in [0.29, 0.717) is 30.4 Å². The number of amides is 2. The summed E-state index contributed by atoms with van der Waals surface area (Å²) in [4.78, 5) is 12.6. The summed E-state index contributed by atoms with van der Waals surface area (Å²) in [5.41, 5.74) is 0.477. The lowest BCUT2D eigenvalue weighted by Gasteiger charge is -2.26. The lowest BCUT2D eigenvalue weighted by Crippen LogP contribution is -2.40. The third-order valence-corrected chi connectivity index (χ3v) is 6.68. The second kappa shape index (κ2) is 9.52. The topological polar surface area (TPSA) is 106 Å². The standard InChI is InChI=1S/C19H22ClN3O6S/c1-27-16-4-3-5-17(28-2)18(16)22-19(24)21-15-12-13(6-7-14(15)20)30(25,26)23-8-10-29-11-9-23/h3-7,12H,8-11H2,1-2H3,(H2,21,22,24). The largest absolute Gasteiger partial charge is 0.494 e. The molecular weight excluding hydrogens is 434 g/mol. The number of sulfonamides is 1. The highest BCUT2D eigenvalue weighted by molar-refractivity contribution is 7.89. The summed E-state index contributed by atoms with van der Waals surface area (Å²) in [6, 6.07) is 8.57. The van der Waals surface area contributed by atoms with Crippen molar-refractivity contribution in [1.82, 2.24) is 4.31 Å². The van der Waals surface area contributed by atoms with Crippen molar-refractivity contribution in [2.24, 2.45) is 0 Å². The monoisotopic (exact) mass is 455 g/mol. The van der Waals surface area contributed by atoms with E-state index in [1.54, 1.807) is 18.2 Å². The summed E-state index contributed by atoms with van der Waals surface area (Å²) < 4.78 is 42.8. The van der Waals surface area contributed by atoms with E-state index in [2.05, 4.69) is 10.6 Å². The molecule has 0 saturated carbocycles. The van der Waals surface area contributed by atoms with Gasteiger partial charge in [-0.2, -0.15) is 4.31 Å². The van der Waals surface area contributed by atoms with E-state index in [1.807, 2.05) is 0 Å². The molecule has 1 saturated heterocycles. The van der Waals surface area contributed by atoms with Crippen LogP contribution in [0, 0.1) is 0 Å². The summed E-state index contributed by atoms with van der Waals surface area (Å²) in [6.07, 6.45) is 0. The number of halogens is 1. The fourth-order valence-corrected chi connectivity index (χ4v) is 4.54. The third kappa shape index (κ3) is 4.78.